The summed E-state index contributed by atoms with van der Waals surface area (Å²) in [6, 6.07) is 16.6. The minimum absolute atomic E-state index is 0.214. The molecule has 3 aromatic rings. The van der Waals surface area contributed by atoms with Crippen LogP contribution >= 0.6 is 0 Å². The molecule has 29 heavy (non-hydrogen) atoms. The van der Waals surface area contributed by atoms with Gasteiger partial charge < -0.3 is 5.11 Å². The number of carboxylic acids is 1. The van der Waals surface area contributed by atoms with Crippen molar-refractivity contribution < 1.29 is 9.90 Å². The van der Waals surface area contributed by atoms with Crippen molar-refractivity contribution in [2.45, 2.75) is 51.5 Å². The van der Waals surface area contributed by atoms with Gasteiger partial charge in [0.1, 0.15) is 0 Å². The SMILES string of the molecule is O=C(O)CCCCCCCCn1c(=O)c2ccccc2n(-c2ccccc2)c1=O. The van der Waals surface area contributed by atoms with Crippen molar-refractivity contribution >= 4 is 16.9 Å². The van der Waals surface area contributed by atoms with Crippen LogP contribution in [0.2, 0.25) is 0 Å². The molecule has 0 amide bonds. The van der Waals surface area contributed by atoms with E-state index in [1.165, 1.54) is 4.57 Å². The number of rotatable bonds is 10. The Labute approximate surface area is 169 Å². The molecule has 1 heterocycles. The van der Waals surface area contributed by atoms with Crippen molar-refractivity contribution in [2.75, 3.05) is 0 Å². The zero-order valence-electron chi connectivity index (χ0n) is 16.4. The summed E-state index contributed by atoms with van der Waals surface area (Å²) in [5.41, 5.74) is 0.782. The maximum atomic E-state index is 13.1. The summed E-state index contributed by atoms with van der Waals surface area (Å²) in [4.78, 5) is 36.6. The zero-order valence-corrected chi connectivity index (χ0v) is 16.4. The lowest BCUT2D eigenvalue weighted by Crippen LogP contribution is -2.39. The third kappa shape index (κ3) is 5.02. The minimum Gasteiger partial charge on any atom is -0.481 e. The molecule has 152 valence electrons. The second-order valence-corrected chi connectivity index (χ2v) is 7.19. The van der Waals surface area contributed by atoms with E-state index >= 15 is 0 Å². The first-order valence-electron chi connectivity index (χ1n) is 10.1. The van der Waals surface area contributed by atoms with Gasteiger partial charge in [0, 0.05) is 13.0 Å². The minimum atomic E-state index is -0.754. The lowest BCUT2D eigenvalue weighted by Gasteiger charge is -2.14. The van der Waals surface area contributed by atoms with Crippen molar-refractivity contribution in [2.24, 2.45) is 0 Å². The highest BCUT2D eigenvalue weighted by Crippen LogP contribution is 2.14. The van der Waals surface area contributed by atoms with Crippen LogP contribution in [0.1, 0.15) is 44.9 Å². The van der Waals surface area contributed by atoms with E-state index in [4.69, 9.17) is 5.11 Å². The van der Waals surface area contributed by atoms with Crippen molar-refractivity contribution in [3.63, 3.8) is 0 Å². The van der Waals surface area contributed by atoms with E-state index < -0.39 is 5.97 Å². The maximum Gasteiger partial charge on any atom is 0.336 e. The number of aliphatic carboxylic acids is 1. The Morgan fingerprint density at radius 3 is 2.14 bits per heavy atom. The van der Waals surface area contributed by atoms with E-state index in [9.17, 15) is 14.4 Å². The molecule has 0 bridgehead atoms. The number of benzene rings is 2. The van der Waals surface area contributed by atoms with Crippen molar-refractivity contribution in [1.29, 1.82) is 0 Å². The fourth-order valence-corrected chi connectivity index (χ4v) is 3.58. The number of nitrogens with zero attached hydrogens (tertiary/aromatic N) is 2. The number of aromatic nitrogens is 2. The van der Waals surface area contributed by atoms with Gasteiger partial charge in [0.15, 0.2) is 0 Å². The van der Waals surface area contributed by atoms with Crippen molar-refractivity contribution in [3.8, 4) is 5.69 Å². The monoisotopic (exact) mass is 394 g/mol. The molecule has 0 saturated heterocycles. The normalized spacial score (nSPS) is 11.0. The standard InChI is InChI=1S/C23H26N2O4/c26-21(27)16-8-3-1-2-4-11-17-24-22(28)19-14-9-10-15-20(19)25(23(24)29)18-12-6-5-7-13-18/h5-7,9-10,12-15H,1-4,8,11,16-17H2,(H,26,27). The van der Waals surface area contributed by atoms with Crippen LogP contribution in [0, 0.1) is 0 Å². The first-order valence-corrected chi connectivity index (χ1v) is 10.1. The number of carbonyl (C=O) groups is 1. The van der Waals surface area contributed by atoms with Crippen LogP contribution in [-0.4, -0.2) is 20.2 Å². The molecule has 1 aromatic heterocycles. The summed E-state index contributed by atoms with van der Waals surface area (Å²) in [7, 11) is 0. The smallest absolute Gasteiger partial charge is 0.336 e. The second-order valence-electron chi connectivity index (χ2n) is 7.19. The summed E-state index contributed by atoms with van der Waals surface area (Å²) in [5, 5.41) is 9.18. The third-order valence-corrected chi connectivity index (χ3v) is 5.08. The largest absolute Gasteiger partial charge is 0.481 e. The Kier molecular flexibility index (Phi) is 7.00. The Morgan fingerprint density at radius 1 is 0.793 bits per heavy atom. The number of hydrogen-bond acceptors (Lipinski definition) is 3. The number of unbranched alkanes of at least 4 members (excludes halogenated alkanes) is 5. The van der Waals surface area contributed by atoms with Gasteiger partial charge in [-0.1, -0.05) is 56.0 Å². The predicted octanol–water partition coefficient (Wildman–Crippen LogP) is 3.97. The van der Waals surface area contributed by atoms with Gasteiger partial charge in [0.05, 0.1) is 16.6 Å². The van der Waals surface area contributed by atoms with Crippen LogP contribution in [0.3, 0.4) is 0 Å². The molecule has 6 heteroatoms. The molecule has 0 saturated carbocycles. The van der Waals surface area contributed by atoms with Crippen LogP contribution in [0.4, 0.5) is 0 Å². The fourth-order valence-electron chi connectivity index (χ4n) is 3.58. The summed E-state index contributed by atoms with van der Waals surface area (Å²) >= 11 is 0. The molecule has 2 aromatic carbocycles. The fraction of sp³-hybridized carbons (Fsp3) is 0.348. The number of hydrogen-bond donors (Lipinski definition) is 1. The van der Waals surface area contributed by atoms with Gasteiger partial charge in [-0.2, -0.15) is 0 Å². The van der Waals surface area contributed by atoms with Gasteiger partial charge in [0.25, 0.3) is 5.56 Å². The van der Waals surface area contributed by atoms with E-state index in [0.717, 1.165) is 37.8 Å². The quantitative estimate of drug-likeness (QED) is 0.528. The summed E-state index contributed by atoms with van der Waals surface area (Å²) in [5.74, 6) is -0.754. The van der Waals surface area contributed by atoms with E-state index in [2.05, 4.69) is 0 Å². The first kappa shape index (κ1) is 20.6. The first-order chi connectivity index (χ1) is 14.1. The Morgan fingerprint density at radius 2 is 1.41 bits per heavy atom. The van der Waals surface area contributed by atoms with E-state index in [0.29, 0.717) is 23.9 Å². The molecule has 0 unspecified atom stereocenters. The third-order valence-electron chi connectivity index (χ3n) is 5.08. The highest BCUT2D eigenvalue weighted by Gasteiger charge is 2.13. The van der Waals surface area contributed by atoms with Gasteiger partial charge in [-0.3, -0.25) is 18.7 Å². The molecular formula is C23H26N2O4. The number of fused-ring (bicyclic) bond motifs is 1. The number of carboxylic acid groups (broad SMARTS) is 1. The molecule has 0 aliphatic carbocycles. The predicted molar refractivity (Wildman–Crippen MR) is 114 cm³/mol. The lowest BCUT2D eigenvalue weighted by atomic mass is 10.1. The molecule has 6 nitrogen and oxygen atoms in total. The average molecular weight is 394 g/mol. The highest BCUT2D eigenvalue weighted by molar-refractivity contribution is 5.79. The highest BCUT2D eigenvalue weighted by atomic mass is 16.4. The zero-order chi connectivity index (χ0) is 20.6. The van der Waals surface area contributed by atoms with Crippen LogP contribution in [0.25, 0.3) is 16.6 Å². The molecule has 0 aliphatic rings. The van der Waals surface area contributed by atoms with Crippen LogP contribution in [0.15, 0.2) is 64.2 Å². The van der Waals surface area contributed by atoms with Gasteiger partial charge >= 0.3 is 11.7 Å². The van der Waals surface area contributed by atoms with E-state index in [1.54, 1.807) is 16.7 Å². The van der Waals surface area contributed by atoms with Gasteiger partial charge in [0.2, 0.25) is 0 Å². The lowest BCUT2D eigenvalue weighted by molar-refractivity contribution is -0.137. The summed E-state index contributed by atoms with van der Waals surface area (Å²) in [6.07, 6.45) is 5.37. The van der Waals surface area contributed by atoms with Gasteiger partial charge in [-0.25, -0.2) is 4.79 Å². The Balaban J connectivity index is 1.76. The van der Waals surface area contributed by atoms with Crippen LogP contribution in [0.5, 0.6) is 0 Å². The van der Waals surface area contributed by atoms with Crippen LogP contribution in [-0.2, 0) is 11.3 Å². The van der Waals surface area contributed by atoms with E-state index in [1.807, 2.05) is 42.5 Å². The summed E-state index contributed by atoms with van der Waals surface area (Å²) in [6.45, 7) is 0.379. The van der Waals surface area contributed by atoms with Gasteiger partial charge in [-0.15, -0.1) is 0 Å². The molecule has 0 spiro atoms. The Bertz CT molecular complexity index is 1080. The maximum absolute atomic E-state index is 13.1. The van der Waals surface area contributed by atoms with Crippen molar-refractivity contribution in [1.82, 2.24) is 9.13 Å². The topological polar surface area (TPSA) is 81.3 Å². The van der Waals surface area contributed by atoms with E-state index in [-0.39, 0.29) is 17.7 Å². The molecule has 3 rings (SSSR count). The van der Waals surface area contributed by atoms with Crippen LogP contribution < -0.4 is 11.2 Å². The number of para-hydroxylation sites is 2. The second kappa shape index (κ2) is 9.87. The molecular weight excluding hydrogens is 368 g/mol. The van der Waals surface area contributed by atoms with Gasteiger partial charge in [-0.05, 0) is 37.1 Å². The van der Waals surface area contributed by atoms with Crippen molar-refractivity contribution in [3.05, 3.63) is 75.4 Å². The molecule has 0 atom stereocenters. The molecule has 1 N–H and O–H groups in total. The molecule has 0 fully saturated rings. The average Bonchev–Trinajstić information content (AvgIpc) is 2.73. The summed E-state index contributed by atoms with van der Waals surface area (Å²) < 4.78 is 2.93. The molecule has 0 radical (unpaired) electrons. The molecule has 0 aliphatic heterocycles. The Hall–Kier alpha value is -3.15.